The number of halogens is 3. The van der Waals surface area contributed by atoms with E-state index in [1.54, 1.807) is 12.1 Å². The Labute approximate surface area is 182 Å². The van der Waals surface area contributed by atoms with Crippen molar-refractivity contribution < 1.29 is 9.53 Å². The first-order valence-electron chi connectivity index (χ1n) is 8.80. The molecule has 3 N–H and O–H groups in total. The van der Waals surface area contributed by atoms with E-state index in [0.29, 0.717) is 28.6 Å². The first-order valence-corrected chi connectivity index (χ1v) is 10.3. The number of methoxy groups -OCH3 is 1. The van der Waals surface area contributed by atoms with Crippen LogP contribution in [0.15, 0.2) is 12.1 Å². The summed E-state index contributed by atoms with van der Waals surface area (Å²) in [4.78, 5) is 15.3. The number of carbonyl (C=O) groups excluding carboxylic acids is 1. The molecule has 3 rings (SSSR count). The van der Waals surface area contributed by atoms with E-state index in [4.69, 9.17) is 22.1 Å². The summed E-state index contributed by atoms with van der Waals surface area (Å²) in [5, 5.41) is 3.50. The Bertz CT molecular complexity index is 637. The van der Waals surface area contributed by atoms with Crippen molar-refractivity contribution in [1.29, 1.82) is 0 Å². The van der Waals surface area contributed by atoms with Gasteiger partial charge in [0.05, 0.1) is 23.4 Å². The molecule has 1 saturated carbocycles. The van der Waals surface area contributed by atoms with Gasteiger partial charge < -0.3 is 15.8 Å². The average molecular weight is 457 g/mol. The SMILES string of the molecule is COc1cc(N)c(Cl)cc1C(=O)NCC1(N2CCSCC2)CCCC1.Cl.Cl. The fourth-order valence-corrected chi connectivity index (χ4v) is 5.00. The van der Waals surface area contributed by atoms with E-state index in [-0.39, 0.29) is 36.3 Å². The van der Waals surface area contributed by atoms with E-state index < -0.39 is 0 Å². The highest BCUT2D eigenvalue weighted by Gasteiger charge is 2.40. The van der Waals surface area contributed by atoms with Crippen LogP contribution in [0.2, 0.25) is 5.02 Å². The Morgan fingerprint density at radius 2 is 1.93 bits per heavy atom. The Balaban J connectivity index is 0.00000182. The number of benzene rings is 1. The van der Waals surface area contributed by atoms with Crippen LogP contribution in [0.4, 0.5) is 5.69 Å². The standard InChI is InChI=1S/C18H26ClN3O2S.2ClH/c1-24-16-11-15(20)14(19)10-13(16)17(23)21-12-18(4-2-3-5-18)22-6-8-25-9-7-22;;/h10-11H,2-9,12,20H2,1H3,(H,21,23);2*1H. The molecule has 0 spiro atoms. The number of nitrogen functional groups attached to an aromatic ring is 1. The maximum Gasteiger partial charge on any atom is 0.255 e. The zero-order chi connectivity index (χ0) is 17.9. The van der Waals surface area contributed by atoms with Crippen molar-refractivity contribution in [2.45, 2.75) is 31.2 Å². The number of carbonyl (C=O) groups is 1. The minimum absolute atomic E-state index is 0. The third-order valence-corrected chi connectivity index (χ3v) is 6.63. The summed E-state index contributed by atoms with van der Waals surface area (Å²) in [5.41, 5.74) is 6.75. The van der Waals surface area contributed by atoms with Crippen molar-refractivity contribution in [2.75, 3.05) is 44.0 Å². The summed E-state index contributed by atoms with van der Waals surface area (Å²) in [6.07, 6.45) is 4.77. The zero-order valence-electron chi connectivity index (χ0n) is 15.5. The number of rotatable bonds is 5. The number of anilines is 1. The molecular weight excluding hydrogens is 429 g/mol. The van der Waals surface area contributed by atoms with E-state index in [1.807, 2.05) is 11.8 Å². The third kappa shape index (κ3) is 5.51. The Morgan fingerprint density at radius 3 is 2.52 bits per heavy atom. The maximum absolute atomic E-state index is 12.8. The molecule has 0 bridgehead atoms. The maximum atomic E-state index is 12.8. The molecule has 1 aromatic carbocycles. The largest absolute Gasteiger partial charge is 0.496 e. The number of hydrogen-bond donors (Lipinski definition) is 2. The number of nitrogens with two attached hydrogens (primary N) is 1. The van der Waals surface area contributed by atoms with Crippen LogP contribution in [0, 0.1) is 0 Å². The van der Waals surface area contributed by atoms with Crippen LogP contribution < -0.4 is 15.8 Å². The Hall–Kier alpha value is -0.530. The van der Waals surface area contributed by atoms with Gasteiger partial charge in [0, 0.05) is 42.7 Å². The fourth-order valence-electron chi connectivity index (χ4n) is 3.93. The molecule has 27 heavy (non-hydrogen) atoms. The lowest BCUT2D eigenvalue weighted by atomic mass is 9.94. The molecule has 1 saturated heterocycles. The van der Waals surface area contributed by atoms with Gasteiger partial charge in [-0.2, -0.15) is 11.8 Å². The predicted octanol–water partition coefficient (Wildman–Crippen LogP) is 3.87. The molecule has 0 atom stereocenters. The second-order valence-corrected chi connectivity index (χ2v) is 8.42. The number of amides is 1. The summed E-state index contributed by atoms with van der Waals surface area (Å²) in [6.45, 7) is 2.89. The topological polar surface area (TPSA) is 67.6 Å². The van der Waals surface area contributed by atoms with Crippen molar-refractivity contribution in [2.24, 2.45) is 0 Å². The van der Waals surface area contributed by atoms with Gasteiger partial charge >= 0.3 is 0 Å². The number of nitrogens with one attached hydrogen (secondary N) is 1. The minimum Gasteiger partial charge on any atom is -0.496 e. The summed E-state index contributed by atoms with van der Waals surface area (Å²) in [6, 6.07) is 3.19. The number of thioether (sulfide) groups is 1. The third-order valence-electron chi connectivity index (χ3n) is 5.36. The molecule has 1 heterocycles. The van der Waals surface area contributed by atoms with E-state index in [1.165, 1.54) is 31.5 Å². The van der Waals surface area contributed by atoms with E-state index in [0.717, 1.165) is 25.9 Å². The summed E-state index contributed by atoms with van der Waals surface area (Å²) >= 11 is 8.11. The van der Waals surface area contributed by atoms with Crippen molar-refractivity contribution >= 4 is 59.8 Å². The number of ether oxygens (including phenoxy) is 1. The lowest BCUT2D eigenvalue weighted by Crippen LogP contribution is -2.56. The number of hydrogen-bond acceptors (Lipinski definition) is 5. The molecule has 1 aliphatic heterocycles. The van der Waals surface area contributed by atoms with Crippen LogP contribution in [0.5, 0.6) is 5.75 Å². The second-order valence-electron chi connectivity index (χ2n) is 6.79. The van der Waals surface area contributed by atoms with Crippen molar-refractivity contribution in [3.63, 3.8) is 0 Å². The number of nitrogens with zero attached hydrogens (tertiary/aromatic N) is 1. The fraction of sp³-hybridized carbons (Fsp3) is 0.611. The van der Waals surface area contributed by atoms with E-state index in [9.17, 15) is 4.79 Å². The van der Waals surface area contributed by atoms with Crippen LogP contribution in [-0.4, -0.2) is 54.6 Å². The normalized spacial score (nSPS) is 18.9. The molecule has 2 aliphatic rings. The molecule has 0 unspecified atom stereocenters. The molecule has 0 radical (unpaired) electrons. The highest BCUT2D eigenvalue weighted by molar-refractivity contribution is 7.99. The van der Waals surface area contributed by atoms with Crippen molar-refractivity contribution in [1.82, 2.24) is 10.2 Å². The van der Waals surface area contributed by atoms with Crippen LogP contribution in [0.25, 0.3) is 0 Å². The van der Waals surface area contributed by atoms with E-state index >= 15 is 0 Å². The van der Waals surface area contributed by atoms with Crippen molar-refractivity contribution in [3.8, 4) is 5.75 Å². The summed E-state index contributed by atoms with van der Waals surface area (Å²) in [5.74, 6) is 2.65. The molecule has 154 valence electrons. The van der Waals surface area contributed by atoms with Crippen LogP contribution in [0.1, 0.15) is 36.0 Å². The predicted molar refractivity (Wildman–Crippen MR) is 119 cm³/mol. The zero-order valence-corrected chi connectivity index (χ0v) is 18.7. The molecule has 0 aromatic heterocycles. The van der Waals surface area contributed by atoms with Gasteiger partial charge in [-0.25, -0.2) is 0 Å². The molecule has 1 aromatic rings. The molecular formula is C18H28Cl3N3O2S. The average Bonchev–Trinajstić information content (AvgIpc) is 3.12. The van der Waals surface area contributed by atoms with Gasteiger partial charge in [0.15, 0.2) is 0 Å². The quantitative estimate of drug-likeness (QED) is 0.658. The van der Waals surface area contributed by atoms with Gasteiger partial charge in [0.25, 0.3) is 5.91 Å². The van der Waals surface area contributed by atoms with Gasteiger partial charge in [0.1, 0.15) is 5.75 Å². The highest BCUT2D eigenvalue weighted by atomic mass is 35.5. The van der Waals surface area contributed by atoms with Gasteiger partial charge in [-0.15, -0.1) is 24.8 Å². The van der Waals surface area contributed by atoms with Crippen LogP contribution in [-0.2, 0) is 0 Å². The van der Waals surface area contributed by atoms with Gasteiger partial charge in [0.2, 0.25) is 0 Å². The van der Waals surface area contributed by atoms with Crippen LogP contribution in [0.3, 0.4) is 0 Å². The Kier molecular flexibility index (Phi) is 9.86. The van der Waals surface area contributed by atoms with Gasteiger partial charge in [-0.1, -0.05) is 24.4 Å². The lowest BCUT2D eigenvalue weighted by molar-refractivity contribution is 0.0815. The van der Waals surface area contributed by atoms with Crippen molar-refractivity contribution in [3.05, 3.63) is 22.7 Å². The van der Waals surface area contributed by atoms with Gasteiger partial charge in [-0.3, -0.25) is 9.69 Å². The summed E-state index contributed by atoms with van der Waals surface area (Å²) in [7, 11) is 1.53. The Morgan fingerprint density at radius 1 is 1.30 bits per heavy atom. The molecule has 9 heteroatoms. The molecule has 1 aliphatic carbocycles. The highest BCUT2D eigenvalue weighted by Crippen LogP contribution is 2.36. The molecule has 2 fully saturated rings. The van der Waals surface area contributed by atoms with E-state index in [2.05, 4.69) is 10.2 Å². The minimum atomic E-state index is -0.156. The smallest absolute Gasteiger partial charge is 0.255 e. The monoisotopic (exact) mass is 455 g/mol. The second kappa shape index (κ2) is 10.9. The van der Waals surface area contributed by atoms with Crippen LogP contribution >= 0.6 is 48.2 Å². The molecule has 1 amide bonds. The summed E-state index contributed by atoms with van der Waals surface area (Å²) < 4.78 is 5.30. The lowest BCUT2D eigenvalue weighted by Gasteiger charge is -2.43. The van der Waals surface area contributed by atoms with Gasteiger partial charge in [-0.05, 0) is 18.9 Å². The molecule has 5 nitrogen and oxygen atoms in total. The first-order chi connectivity index (χ1) is 12.1. The first kappa shape index (κ1) is 24.5.